The molecule has 1 aliphatic rings. The van der Waals surface area contributed by atoms with Gasteiger partial charge in [-0.2, -0.15) is 0 Å². The Morgan fingerprint density at radius 1 is 1.09 bits per heavy atom. The Kier molecular flexibility index (Phi) is 6.92. The quantitative estimate of drug-likeness (QED) is 0.406. The third kappa shape index (κ3) is 4.56. The van der Waals surface area contributed by atoms with E-state index in [2.05, 4.69) is 91.4 Å². The predicted molar refractivity (Wildman–Crippen MR) is 139 cm³/mol. The molecule has 3 heteroatoms. The molecule has 0 atom stereocenters. The summed E-state index contributed by atoms with van der Waals surface area (Å²) in [4.78, 5) is 4.48. The van der Waals surface area contributed by atoms with Crippen molar-refractivity contribution in [3.63, 3.8) is 0 Å². The van der Waals surface area contributed by atoms with E-state index in [9.17, 15) is 0 Å². The summed E-state index contributed by atoms with van der Waals surface area (Å²) >= 11 is 6.73. The third-order valence-electron chi connectivity index (χ3n) is 5.91. The fraction of sp³-hybridized carbons (Fsp3) is 0.207. The van der Waals surface area contributed by atoms with Crippen LogP contribution in [0, 0.1) is 0 Å². The van der Waals surface area contributed by atoms with Crippen molar-refractivity contribution in [1.82, 2.24) is 10.3 Å². The van der Waals surface area contributed by atoms with Crippen LogP contribution in [0.5, 0.6) is 0 Å². The van der Waals surface area contributed by atoms with E-state index in [0.29, 0.717) is 5.02 Å². The van der Waals surface area contributed by atoms with Crippen molar-refractivity contribution in [2.75, 3.05) is 6.54 Å². The van der Waals surface area contributed by atoms with Crippen molar-refractivity contribution in [2.24, 2.45) is 0 Å². The van der Waals surface area contributed by atoms with Crippen LogP contribution in [0.4, 0.5) is 0 Å². The lowest BCUT2D eigenvalue weighted by Gasteiger charge is -2.22. The number of halogens is 1. The molecule has 3 aromatic rings. The van der Waals surface area contributed by atoms with Gasteiger partial charge in [-0.15, -0.1) is 0 Å². The molecule has 0 spiro atoms. The van der Waals surface area contributed by atoms with E-state index in [4.69, 9.17) is 11.6 Å². The molecular formula is C29H29ClN2. The zero-order chi connectivity index (χ0) is 22.5. The molecular weight excluding hydrogens is 412 g/mol. The van der Waals surface area contributed by atoms with E-state index in [1.165, 1.54) is 27.9 Å². The first-order valence-corrected chi connectivity index (χ1v) is 11.6. The molecule has 0 saturated carbocycles. The third-order valence-corrected chi connectivity index (χ3v) is 6.20. The highest BCUT2D eigenvalue weighted by atomic mass is 35.5. The lowest BCUT2D eigenvalue weighted by Crippen LogP contribution is -2.14. The first-order chi connectivity index (χ1) is 15.6. The second kappa shape index (κ2) is 10.0. The lowest BCUT2D eigenvalue weighted by atomic mass is 9.84. The van der Waals surface area contributed by atoms with Crippen LogP contribution in [0.25, 0.3) is 22.0 Å². The summed E-state index contributed by atoms with van der Waals surface area (Å²) in [7, 11) is 0. The van der Waals surface area contributed by atoms with Gasteiger partial charge in [-0.05, 0) is 65.8 Å². The molecule has 2 nitrogen and oxygen atoms in total. The highest BCUT2D eigenvalue weighted by Gasteiger charge is 2.19. The van der Waals surface area contributed by atoms with Gasteiger partial charge in [0.2, 0.25) is 0 Å². The van der Waals surface area contributed by atoms with Crippen molar-refractivity contribution >= 4 is 33.7 Å². The molecule has 0 unspecified atom stereocenters. The summed E-state index contributed by atoms with van der Waals surface area (Å²) in [5.41, 5.74) is 9.05. The number of benzene rings is 2. The highest BCUT2D eigenvalue weighted by Crippen LogP contribution is 2.40. The Hall–Kier alpha value is -3.10. The number of nitrogens with one attached hydrogen (secondary N) is 1. The summed E-state index contributed by atoms with van der Waals surface area (Å²) in [5, 5.41) is 5.20. The van der Waals surface area contributed by atoms with Gasteiger partial charge in [0.05, 0.1) is 10.5 Å². The maximum absolute atomic E-state index is 6.73. The normalized spacial score (nSPS) is 16.4. The van der Waals surface area contributed by atoms with E-state index in [0.717, 1.165) is 48.0 Å². The Balaban J connectivity index is 2.06. The van der Waals surface area contributed by atoms with Crippen molar-refractivity contribution in [3.05, 3.63) is 113 Å². The monoisotopic (exact) mass is 440 g/mol. The maximum Gasteiger partial charge on any atom is 0.0888 e. The van der Waals surface area contributed by atoms with E-state index >= 15 is 0 Å². The average Bonchev–Trinajstić information content (AvgIpc) is 3.03. The number of hydrogen-bond acceptors (Lipinski definition) is 2. The smallest absolute Gasteiger partial charge is 0.0888 e. The van der Waals surface area contributed by atoms with E-state index in [1.807, 2.05) is 6.07 Å². The van der Waals surface area contributed by atoms with Crippen molar-refractivity contribution < 1.29 is 0 Å². The fourth-order valence-corrected chi connectivity index (χ4v) is 4.65. The molecule has 2 heterocycles. The van der Waals surface area contributed by atoms with Gasteiger partial charge in [-0.1, -0.05) is 80.1 Å². The summed E-state index contributed by atoms with van der Waals surface area (Å²) in [6.45, 7) is 9.69. The lowest BCUT2D eigenvalue weighted by molar-refractivity contribution is 0.825. The summed E-state index contributed by atoms with van der Waals surface area (Å²) in [6.07, 6.45) is 9.23. The van der Waals surface area contributed by atoms with Gasteiger partial charge >= 0.3 is 0 Å². The number of nitrogens with zero attached hydrogens (tertiary/aromatic N) is 1. The standard InChI is InChI=1S/C29H29ClN2/c1-4-11-26(25-15-8-9-16-31-21(25)3)28(20(2)22-12-6-5-7-13-22)24-18-23-14-10-17-32-29(23)27(30)19-24/h5-8,10,12-15,17-19,31H,3-4,9,11,16H2,1-2H3/b26-25-,28-20+. The summed E-state index contributed by atoms with van der Waals surface area (Å²) in [6, 6.07) is 18.9. The minimum Gasteiger partial charge on any atom is -0.385 e. The van der Waals surface area contributed by atoms with Gasteiger partial charge in [0.15, 0.2) is 0 Å². The Morgan fingerprint density at radius 2 is 1.91 bits per heavy atom. The molecule has 0 fully saturated rings. The van der Waals surface area contributed by atoms with Crippen molar-refractivity contribution in [3.8, 4) is 0 Å². The SMILES string of the molecule is C=C1NCCC=C/C1=C(CCC)/C(=C(\C)c1ccccc1)c1cc(Cl)c2ncccc2c1. The fourth-order valence-electron chi connectivity index (χ4n) is 4.37. The number of hydrogen-bond donors (Lipinski definition) is 1. The highest BCUT2D eigenvalue weighted by molar-refractivity contribution is 6.35. The number of fused-ring (bicyclic) bond motifs is 1. The first kappa shape index (κ1) is 22.1. The molecule has 0 radical (unpaired) electrons. The minimum atomic E-state index is 0.672. The van der Waals surface area contributed by atoms with Gasteiger partial charge < -0.3 is 5.32 Å². The number of rotatable bonds is 5. The van der Waals surface area contributed by atoms with Crippen LogP contribution in [-0.4, -0.2) is 11.5 Å². The number of pyridine rings is 1. The molecule has 1 aliphatic heterocycles. The molecule has 32 heavy (non-hydrogen) atoms. The molecule has 1 N–H and O–H groups in total. The van der Waals surface area contributed by atoms with Crippen molar-refractivity contribution in [2.45, 2.75) is 33.1 Å². The number of aromatic nitrogens is 1. The van der Waals surface area contributed by atoms with Gasteiger partial charge in [-0.3, -0.25) is 4.98 Å². The second-order valence-electron chi connectivity index (χ2n) is 8.14. The largest absolute Gasteiger partial charge is 0.385 e. The van der Waals surface area contributed by atoms with Crippen LogP contribution >= 0.6 is 11.6 Å². The molecule has 0 aliphatic carbocycles. The zero-order valence-electron chi connectivity index (χ0n) is 18.8. The second-order valence-corrected chi connectivity index (χ2v) is 8.55. The Labute approximate surface area is 196 Å². The molecule has 1 aromatic heterocycles. The topological polar surface area (TPSA) is 24.9 Å². The molecule has 162 valence electrons. The van der Waals surface area contributed by atoms with E-state index in [1.54, 1.807) is 6.20 Å². The van der Waals surface area contributed by atoms with Crippen LogP contribution in [0.1, 0.15) is 44.2 Å². The predicted octanol–water partition coefficient (Wildman–Crippen LogP) is 7.98. The Morgan fingerprint density at radius 3 is 2.69 bits per heavy atom. The van der Waals surface area contributed by atoms with Gasteiger partial charge in [0.1, 0.15) is 0 Å². The molecule has 0 bridgehead atoms. The molecule has 2 aromatic carbocycles. The van der Waals surface area contributed by atoms with Crippen molar-refractivity contribution in [1.29, 1.82) is 0 Å². The molecule has 0 saturated heterocycles. The van der Waals surface area contributed by atoms with Crippen LogP contribution in [-0.2, 0) is 0 Å². The minimum absolute atomic E-state index is 0.672. The Bertz CT molecular complexity index is 1230. The maximum atomic E-state index is 6.73. The zero-order valence-corrected chi connectivity index (χ0v) is 19.5. The van der Waals surface area contributed by atoms with Crippen LogP contribution in [0.3, 0.4) is 0 Å². The van der Waals surface area contributed by atoms with E-state index < -0.39 is 0 Å². The van der Waals surface area contributed by atoms with Crippen LogP contribution in [0.15, 0.2) is 96.4 Å². The van der Waals surface area contributed by atoms with Crippen LogP contribution in [0.2, 0.25) is 5.02 Å². The molecule has 0 amide bonds. The molecule has 4 rings (SSSR count). The van der Waals surface area contributed by atoms with E-state index in [-0.39, 0.29) is 0 Å². The van der Waals surface area contributed by atoms with Gasteiger partial charge in [-0.25, -0.2) is 0 Å². The first-order valence-electron chi connectivity index (χ1n) is 11.2. The van der Waals surface area contributed by atoms with Crippen LogP contribution < -0.4 is 5.32 Å². The number of allylic oxidation sites excluding steroid dienone is 4. The summed E-state index contributed by atoms with van der Waals surface area (Å²) < 4.78 is 0. The average molecular weight is 441 g/mol. The van der Waals surface area contributed by atoms with Gasteiger partial charge in [0.25, 0.3) is 0 Å². The summed E-state index contributed by atoms with van der Waals surface area (Å²) in [5.74, 6) is 0. The van der Waals surface area contributed by atoms with Gasteiger partial charge in [0, 0.05) is 29.4 Å².